The van der Waals surface area contributed by atoms with Gasteiger partial charge in [0.15, 0.2) is 0 Å². The van der Waals surface area contributed by atoms with Crippen LogP contribution in [-0.2, 0) is 0 Å². The number of amides is 1. The first-order valence-corrected chi connectivity index (χ1v) is 6.39. The van der Waals surface area contributed by atoms with Crippen LogP contribution in [0.5, 0.6) is 0 Å². The third-order valence-electron chi connectivity index (χ3n) is 3.45. The quantitative estimate of drug-likeness (QED) is 0.640. The minimum Gasteiger partial charge on any atom is -0.348 e. The zero-order chi connectivity index (χ0) is 14.9. The van der Waals surface area contributed by atoms with Gasteiger partial charge in [-0.05, 0) is 37.8 Å². The standard InChI is InChI=1S/C13H16FN3O3.ClH/c1-7-4-9(14)5-10(12(7)17(19)20)13(18)16-11(6-15)8-2-3-8;/h4-5,8,11H,2-3,6,15H2,1H3,(H,16,18);1H. The topological polar surface area (TPSA) is 98.3 Å². The maximum absolute atomic E-state index is 13.4. The van der Waals surface area contributed by atoms with E-state index in [1.54, 1.807) is 0 Å². The molecule has 1 aromatic carbocycles. The molecule has 1 amide bonds. The van der Waals surface area contributed by atoms with Crippen LogP contribution in [0.1, 0.15) is 28.8 Å². The SMILES string of the molecule is Cc1cc(F)cc(C(=O)NC(CN)C2CC2)c1[N+](=O)[O-].Cl. The molecule has 1 aliphatic carbocycles. The summed E-state index contributed by atoms with van der Waals surface area (Å²) in [6, 6.07) is 1.71. The van der Waals surface area contributed by atoms with Crippen LogP contribution in [0.3, 0.4) is 0 Å². The average Bonchev–Trinajstić information content (AvgIpc) is 3.18. The fourth-order valence-electron chi connectivity index (χ4n) is 2.26. The smallest absolute Gasteiger partial charge is 0.285 e. The van der Waals surface area contributed by atoms with E-state index in [0.717, 1.165) is 25.0 Å². The Labute approximate surface area is 127 Å². The van der Waals surface area contributed by atoms with Crippen LogP contribution in [-0.4, -0.2) is 23.4 Å². The third-order valence-corrected chi connectivity index (χ3v) is 3.45. The number of nitro groups is 1. The second-order valence-electron chi connectivity index (χ2n) is 5.03. The monoisotopic (exact) mass is 317 g/mol. The maximum Gasteiger partial charge on any atom is 0.285 e. The number of nitrogens with one attached hydrogen (secondary N) is 1. The van der Waals surface area contributed by atoms with Crippen molar-refractivity contribution < 1.29 is 14.1 Å². The lowest BCUT2D eigenvalue weighted by molar-refractivity contribution is -0.385. The Bertz CT molecular complexity index is 564. The zero-order valence-electron chi connectivity index (χ0n) is 11.5. The molecule has 116 valence electrons. The Kier molecular flexibility index (Phi) is 5.62. The van der Waals surface area contributed by atoms with Crippen molar-refractivity contribution >= 4 is 24.0 Å². The molecule has 1 unspecified atom stereocenters. The molecule has 1 saturated carbocycles. The van der Waals surface area contributed by atoms with Crippen molar-refractivity contribution in [2.45, 2.75) is 25.8 Å². The molecule has 8 heteroatoms. The molecule has 0 heterocycles. The molecule has 0 bridgehead atoms. The van der Waals surface area contributed by atoms with E-state index < -0.39 is 16.6 Å². The van der Waals surface area contributed by atoms with Crippen molar-refractivity contribution in [2.75, 3.05) is 6.54 Å². The lowest BCUT2D eigenvalue weighted by atomic mass is 10.1. The van der Waals surface area contributed by atoms with Gasteiger partial charge >= 0.3 is 0 Å². The highest BCUT2D eigenvalue weighted by Gasteiger charge is 2.33. The Morgan fingerprint density at radius 3 is 2.67 bits per heavy atom. The van der Waals surface area contributed by atoms with Gasteiger partial charge in [0, 0.05) is 18.2 Å². The van der Waals surface area contributed by atoms with Gasteiger partial charge in [-0.15, -0.1) is 12.4 Å². The van der Waals surface area contributed by atoms with Gasteiger partial charge in [-0.2, -0.15) is 0 Å². The molecule has 3 N–H and O–H groups in total. The number of halogens is 2. The fraction of sp³-hybridized carbons (Fsp3) is 0.462. The molecule has 0 spiro atoms. The van der Waals surface area contributed by atoms with Crippen LogP contribution in [0, 0.1) is 28.8 Å². The average molecular weight is 318 g/mol. The van der Waals surface area contributed by atoms with Gasteiger partial charge in [-0.25, -0.2) is 4.39 Å². The van der Waals surface area contributed by atoms with Crippen molar-refractivity contribution in [3.05, 3.63) is 39.2 Å². The normalized spacial score (nSPS) is 15.0. The molecule has 21 heavy (non-hydrogen) atoms. The Hall–Kier alpha value is -1.73. The van der Waals surface area contributed by atoms with E-state index in [0.29, 0.717) is 5.92 Å². The summed E-state index contributed by atoms with van der Waals surface area (Å²) in [5, 5.41) is 13.7. The number of carbonyl (C=O) groups is 1. The number of nitro benzene ring substituents is 1. The second-order valence-corrected chi connectivity index (χ2v) is 5.03. The van der Waals surface area contributed by atoms with Crippen molar-refractivity contribution in [3.63, 3.8) is 0 Å². The molecule has 1 aliphatic rings. The molecular formula is C13H17ClFN3O3. The summed E-state index contributed by atoms with van der Waals surface area (Å²) in [5.74, 6) is -1.01. The van der Waals surface area contributed by atoms with Crippen LogP contribution in [0.4, 0.5) is 10.1 Å². The fourth-order valence-corrected chi connectivity index (χ4v) is 2.26. The number of aryl methyl sites for hydroxylation is 1. The van der Waals surface area contributed by atoms with E-state index in [1.165, 1.54) is 6.92 Å². The van der Waals surface area contributed by atoms with E-state index in [4.69, 9.17) is 5.73 Å². The van der Waals surface area contributed by atoms with E-state index >= 15 is 0 Å². The molecule has 2 rings (SSSR count). The number of carbonyl (C=O) groups excluding carboxylic acids is 1. The van der Waals surface area contributed by atoms with Crippen molar-refractivity contribution in [1.82, 2.24) is 5.32 Å². The minimum atomic E-state index is -0.672. The lowest BCUT2D eigenvalue weighted by Crippen LogP contribution is -2.42. The lowest BCUT2D eigenvalue weighted by Gasteiger charge is -2.16. The highest BCUT2D eigenvalue weighted by Crippen LogP contribution is 2.32. The van der Waals surface area contributed by atoms with Crippen LogP contribution in [0.2, 0.25) is 0 Å². The van der Waals surface area contributed by atoms with Crippen molar-refractivity contribution in [3.8, 4) is 0 Å². The summed E-state index contributed by atoms with van der Waals surface area (Å²) >= 11 is 0. The molecule has 1 aromatic rings. The van der Waals surface area contributed by atoms with Gasteiger partial charge in [0.25, 0.3) is 11.6 Å². The van der Waals surface area contributed by atoms with Crippen molar-refractivity contribution in [2.24, 2.45) is 11.7 Å². The van der Waals surface area contributed by atoms with Crippen LogP contribution < -0.4 is 11.1 Å². The maximum atomic E-state index is 13.4. The van der Waals surface area contributed by atoms with Gasteiger partial charge in [0.05, 0.1) is 4.92 Å². The Balaban J connectivity index is 0.00000220. The number of hydrogen-bond donors (Lipinski definition) is 2. The van der Waals surface area contributed by atoms with Gasteiger partial charge in [0.1, 0.15) is 11.4 Å². The third kappa shape index (κ3) is 3.89. The number of nitrogens with two attached hydrogens (primary N) is 1. The number of nitrogens with zero attached hydrogens (tertiary/aromatic N) is 1. The first kappa shape index (κ1) is 17.3. The Morgan fingerprint density at radius 2 is 2.19 bits per heavy atom. The molecule has 6 nitrogen and oxygen atoms in total. The summed E-state index contributed by atoms with van der Waals surface area (Å²) in [7, 11) is 0. The van der Waals surface area contributed by atoms with Crippen LogP contribution in [0.15, 0.2) is 12.1 Å². The largest absolute Gasteiger partial charge is 0.348 e. The van der Waals surface area contributed by atoms with Crippen LogP contribution >= 0.6 is 12.4 Å². The number of hydrogen-bond acceptors (Lipinski definition) is 4. The first-order valence-electron chi connectivity index (χ1n) is 6.39. The van der Waals surface area contributed by atoms with Gasteiger partial charge in [0.2, 0.25) is 0 Å². The summed E-state index contributed by atoms with van der Waals surface area (Å²) in [4.78, 5) is 22.5. The zero-order valence-corrected chi connectivity index (χ0v) is 12.3. The molecule has 0 radical (unpaired) electrons. The van der Waals surface area contributed by atoms with Gasteiger partial charge < -0.3 is 11.1 Å². The van der Waals surface area contributed by atoms with E-state index in [-0.39, 0.29) is 41.8 Å². The first-order chi connectivity index (χ1) is 9.43. The highest BCUT2D eigenvalue weighted by atomic mass is 35.5. The molecule has 0 aromatic heterocycles. The predicted octanol–water partition coefficient (Wildman–Crippen LogP) is 1.93. The predicted molar refractivity (Wildman–Crippen MR) is 78.1 cm³/mol. The molecule has 0 saturated heterocycles. The summed E-state index contributed by atoms with van der Waals surface area (Å²) in [5.41, 5.74) is 5.07. The van der Waals surface area contributed by atoms with E-state index in [2.05, 4.69) is 5.32 Å². The molecular weight excluding hydrogens is 301 g/mol. The Morgan fingerprint density at radius 1 is 1.57 bits per heavy atom. The minimum absolute atomic E-state index is 0. The van der Waals surface area contributed by atoms with Crippen molar-refractivity contribution in [1.29, 1.82) is 0 Å². The molecule has 0 aliphatic heterocycles. The van der Waals surface area contributed by atoms with Gasteiger partial charge in [-0.1, -0.05) is 0 Å². The summed E-state index contributed by atoms with van der Waals surface area (Å²) in [6.07, 6.45) is 1.96. The number of rotatable bonds is 5. The van der Waals surface area contributed by atoms with E-state index in [9.17, 15) is 19.3 Å². The molecule has 1 fully saturated rings. The van der Waals surface area contributed by atoms with Gasteiger partial charge in [-0.3, -0.25) is 14.9 Å². The van der Waals surface area contributed by atoms with E-state index in [1.807, 2.05) is 0 Å². The summed E-state index contributed by atoms with van der Waals surface area (Å²) < 4.78 is 13.4. The highest BCUT2D eigenvalue weighted by molar-refractivity contribution is 5.98. The summed E-state index contributed by atoms with van der Waals surface area (Å²) in [6.45, 7) is 1.66. The second kappa shape index (κ2) is 6.82. The number of benzene rings is 1. The van der Waals surface area contributed by atoms with Crippen LogP contribution in [0.25, 0.3) is 0 Å². The molecule has 1 atom stereocenters.